The van der Waals surface area contributed by atoms with Gasteiger partial charge in [0, 0.05) is 31.6 Å². The van der Waals surface area contributed by atoms with Gasteiger partial charge in [-0.3, -0.25) is 9.58 Å². The minimum atomic E-state index is 0.683. The highest BCUT2D eigenvalue weighted by atomic mass is 15.3. The fourth-order valence-electron chi connectivity index (χ4n) is 2.11. The molecule has 92 valence electrons. The van der Waals surface area contributed by atoms with Crippen LogP contribution in [-0.4, -0.2) is 34.8 Å². The summed E-state index contributed by atoms with van der Waals surface area (Å²) in [7, 11) is 2.08. The zero-order chi connectivity index (χ0) is 12.3. The molecule has 0 spiro atoms. The maximum atomic E-state index is 5.56. The summed E-state index contributed by atoms with van der Waals surface area (Å²) in [4.78, 5) is 2.20. The van der Waals surface area contributed by atoms with Crippen LogP contribution in [0.2, 0.25) is 0 Å². The molecular weight excluding hydrogens is 212 g/mol. The van der Waals surface area contributed by atoms with Gasteiger partial charge in [0.1, 0.15) is 0 Å². The molecule has 0 atom stereocenters. The summed E-state index contributed by atoms with van der Waals surface area (Å²) in [6, 6.07) is 8.39. The fourth-order valence-corrected chi connectivity index (χ4v) is 2.11. The second kappa shape index (κ2) is 5.29. The van der Waals surface area contributed by atoms with E-state index in [0.717, 1.165) is 25.3 Å². The number of para-hydroxylation sites is 1. The van der Waals surface area contributed by atoms with Crippen molar-refractivity contribution < 1.29 is 0 Å². The Morgan fingerprint density at radius 2 is 2.12 bits per heavy atom. The van der Waals surface area contributed by atoms with Crippen molar-refractivity contribution in [2.75, 3.05) is 20.1 Å². The summed E-state index contributed by atoms with van der Waals surface area (Å²) in [6.07, 6.45) is 0. The Kier molecular flexibility index (Phi) is 3.76. The molecule has 17 heavy (non-hydrogen) atoms. The molecule has 0 amide bonds. The smallest absolute Gasteiger partial charge is 0.0843 e. The molecule has 0 fully saturated rings. The fraction of sp³-hybridized carbons (Fsp3) is 0.462. The summed E-state index contributed by atoms with van der Waals surface area (Å²) in [6.45, 7) is 5.45. The largest absolute Gasteiger partial charge is 0.329 e. The lowest BCUT2D eigenvalue weighted by molar-refractivity contribution is 0.331. The van der Waals surface area contributed by atoms with E-state index in [2.05, 4.69) is 52.9 Å². The van der Waals surface area contributed by atoms with Crippen LogP contribution < -0.4 is 5.73 Å². The maximum absolute atomic E-state index is 5.56. The molecule has 1 aromatic carbocycles. The van der Waals surface area contributed by atoms with Crippen molar-refractivity contribution in [2.45, 2.75) is 20.0 Å². The lowest BCUT2D eigenvalue weighted by Gasteiger charge is -2.13. The third kappa shape index (κ3) is 2.48. The molecule has 1 aromatic heterocycles. The summed E-state index contributed by atoms with van der Waals surface area (Å²) >= 11 is 0. The van der Waals surface area contributed by atoms with E-state index in [4.69, 9.17) is 5.73 Å². The molecular formula is C13H20N4. The molecule has 2 N–H and O–H groups in total. The Labute approximate surface area is 102 Å². The predicted octanol–water partition coefficient (Wildman–Crippen LogP) is 1.45. The van der Waals surface area contributed by atoms with Crippen LogP contribution in [0.5, 0.6) is 0 Å². The molecule has 4 nitrogen and oxygen atoms in total. The van der Waals surface area contributed by atoms with Crippen molar-refractivity contribution in [2.24, 2.45) is 5.73 Å². The van der Waals surface area contributed by atoms with Gasteiger partial charge < -0.3 is 5.73 Å². The Bertz CT molecular complexity index is 489. The summed E-state index contributed by atoms with van der Waals surface area (Å²) in [5.41, 5.74) is 7.91. The van der Waals surface area contributed by atoms with Gasteiger partial charge in [-0.25, -0.2) is 0 Å². The normalized spacial score (nSPS) is 11.5. The molecule has 0 bridgehead atoms. The first-order valence-corrected chi connectivity index (χ1v) is 6.09. The van der Waals surface area contributed by atoms with E-state index in [1.165, 1.54) is 10.9 Å². The number of hydrogen-bond acceptors (Lipinski definition) is 3. The van der Waals surface area contributed by atoms with Crippen molar-refractivity contribution in [3.63, 3.8) is 0 Å². The summed E-state index contributed by atoms with van der Waals surface area (Å²) < 4.78 is 2.06. The van der Waals surface area contributed by atoms with Crippen LogP contribution in [-0.2, 0) is 13.1 Å². The van der Waals surface area contributed by atoms with Crippen LogP contribution in [0.25, 0.3) is 10.9 Å². The topological polar surface area (TPSA) is 47.1 Å². The van der Waals surface area contributed by atoms with Gasteiger partial charge in [0.05, 0.1) is 11.2 Å². The van der Waals surface area contributed by atoms with Crippen molar-refractivity contribution in [3.05, 3.63) is 30.0 Å². The minimum Gasteiger partial charge on any atom is -0.329 e. The molecule has 0 saturated heterocycles. The SMILES string of the molecule is CCn1nc(CN(C)CCN)c2ccccc21. The zero-order valence-corrected chi connectivity index (χ0v) is 10.6. The van der Waals surface area contributed by atoms with Gasteiger partial charge in [0.15, 0.2) is 0 Å². The summed E-state index contributed by atoms with van der Waals surface area (Å²) in [5, 5.41) is 5.91. The Balaban J connectivity index is 2.33. The molecule has 4 heteroatoms. The van der Waals surface area contributed by atoms with Crippen LogP contribution in [0.4, 0.5) is 0 Å². The van der Waals surface area contributed by atoms with E-state index in [0.29, 0.717) is 6.54 Å². The van der Waals surface area contributed by atoms with Gasteiger partial charge >= 0.3 is 0 Å². The first kappa shape index (κ1) is 12.1. The maximum Gasteiger partial charge on any atom is 0.0843 e. The van der Waals surface area contributed by atoms with Gasteiger partial charge in [-0.2, -0.15) is 5.10 Å². The van der Waals surface area contributed by atoms with Crippen LogP contribution in [0.15, 0.2) is 24.3 Å². The summed E-state index contributed by atoms with van der Waals surface area (Å²) in [5.74, 6) is 0. The molecule has 0 unspecified atom stereocenters. The predicted molar refractivity (Wildman–Crippen MR) is 70.8 cm³/mol. The number of fused-ring (bicyclic) bond motifs is 1. The van der Waals surface area contributed by atoms with E-state index in [-0.39, 0.29) is 0 Å². The van der Waals surface area contributed by atoms with Crippen molar-refractivity contribution >= 4 is 10.9 Å². The highest BCUT2D eigenvalue weighted by Crippen LogP contribution is 2.19. The average molecular weight is 232 g/mol. The highest BCUT2D eigenvalue weighted by Gasteiger charge is 2.10. The molecule has 0 saturated carbocycles. The third-order valence-corrected chi connectivity index (χ3v) is 2.96. The number of nitrogens with zero attached hydrogens (tertiary/aromatic N) is 3. The number of aromatic nitrogens is 2. The standard InChI is InChI=1S/C13H20N4/c1-3-17-13-7-5-4-6-11(13)12(15-17)10-16(2)9-8-14/h4-7H,3,8-10,14H2,1-2H3. The van der Waals surface area contributed by atoms with E-state index in [1.807, 2.05) is 0 Å². The second-order valence-corrected chi connectivity index (χ2v) is 4.31. The lowest BCUT2D eigenvalue weighted by Crippen LogP contribution is -2.25. The number of rotatable bonds is 5. The van der Waals surface area contributed by atoms with E-state index in [1.54, 1.807) is 0 Å². The van der Waals surface area contributed by atoms with Crippen molar-refractivity contribution in [1.82, 2.24) is 14.7 Å². The van der Waals surface area contributed by atoms with Crippen LogP contribution >= 0.6 is 0 Å². The van der Waals surface area contributed by atoms with Gasteiger partial charge in [-0.05, 0) is 20.0 Å². The number of likely N-dealkylation sites (N-methyl/N-ethyl adjacent to an activating group) is 1. The number of benzene rings is 1. The lowest BCUT2D eigenvalue weighted by atomic mass is 10.2. The number of nitrogens with two attached hydrogens (primary N) is 1. The van der Waals surface area contributed by atoms with Crippen molar-refractivity contribution in [1.29, 1.82) is 0 Å². The molecule has 0 aliphatic carbocycles. The number of aryl methyl sites for hydroxylation is 1. The Hall–Kier alpha value is -1.39. The van der Waals surface area contributed by atoms with Gasteiger partial charge in [0.2, 0.25) is 0 Å². The third-order valence-electron chi connectivity index (χ3n) is 2.96. The molecule has 0 aliphatic heterocycles. The van der Waals surface area contributed by atoms with Crippen LogP contribution in [0.1, 0.15) is 12.6 Å². The first-order chi connectivity index (χ1) is 8.26. The van der Waals surface area contributed by atoms with Crippen LogP contribution in [0, 0.1) is 0 Å². The van der Waals surface area contributed by atoms with Crippen molar-refractivity contribution in [3.8, 4) is 0 Å². The molecule has 1 heterocycles. The van der Waals surface area contributed by atoms with Gasteiger partial charge in [0.25, 0.3) is 0 Å². The Morgan fingerprint density at radius 1 is 1.35 bits per heavy atom. The van der Waals surface area contributed by atoms with E-state index in [9.17, 15) is 0 Å². The molecule has 2 aromatic rings. The average Bonchev–Trinajstić information content (AvgIpc) is 2.68. The van der Waals surface area contributed by atoms with E-state index >= 15 is 0 Å². The number of hydrogen-bond donors (Lipinski definition) is 1. The van der Waals surface area contributed by atoms with E-state index < -0.39 is 0 Å². The molecule has 0 aliphatic rings. The quantitative estimate of drug-likeness (QED) is 0.848. The minimum absolute atomic E-state index is 0.683. The van der Waals surface area contributed by atoms with Crippen LogP contribution in [0.3, 0.4) is 0 Å². The highest BCUT2D eigenvalue weighted by molar-refractivity contribution is 5.81. The Morgan fingerprint density at radius 3 is 2.82 bits per heavy atom. The second-order valence-electron chi connectivity index (χ2n) is 4.31. The molecule has 0 radical (unpaired) electrons. The van der Waals surface area contributed by atoms with Gasteiger partial charge in [-0.1, -0.05) is 18.2 Å². The first-order valence-electron chi connectivity index (χ1n) is 6.09. The monoisotopic (exact) mass is 232 g/mol. The zero-order valence-electron chi connectivity index (χ0n) is 10.6. The molecule has 2 rings (SSSR count). The van der Waals surface area contributed by atoms with Gasteiger partial charge in [-0.15, -0.1) is 0 Å².